The molecule has 0 fully saturated rings. The predicted molar refractivity (Wildman–Crippen MR) is 116 cm³/mol. The zero-order valence-electron chi connectivity index (χ0n) is 16.1. The van der Waals surface area contributed by atoms with Crippen LogP contribution >= 0.6 is 11.3 Å². The number of nitrogens with zero attached hydrogens (tertiary/aromatic N) is 2. The summed E-state index contributed by atoms with van der Waals surface area (Å²) in [7, 11) is 0. The Morgan fingerprint density at radius 3 is 2.70 bits per heavy atom. The number of halogens is 2. The van der Waals surface area contributed by atoms with Crippen LogP contribution in [0.4, 0.5) is 20.3 Å². The lowest BCUT2D eigenvalue weighted by Gasteiger charge is -2.10. The van der Waals surface area contributed by atoms with E-state index in [0.717, 1.165) is 44.4 Å². The predicted octanol–water partition coefficient (Wildman–Crippen LogP) is 5.39. The Kier molecular flexibility index (Phi) is 5.67. The number of anilines is 2. The van der Waals surface area contributed by atoms with Gasteiger partial charge in [-0.15, -0.1) is 11.3 Å². The van der Waals surface area contributed by atoms with Crippen LogP contribution in [0.5, 0.6) is 0 Å². The van der Waals surface area contributed by atoms with E-state index >= 15 is 0 Å². The molecule has 0 aliphatic rings. The molecule has 0 unspecified atom stereocenters. The molecule has 2 heterocycles. The van der Waals surface area contributed by atoms with Crippen molar-refractivity contribution in [2.45, 2.75) is 13.3 Å². The molecule has 0 aliphatic carbocycles. The van der Waals surface area contributed by atoms with Crippen molar-refractivity contribution in [3.63, 3.8) is 0 Å². The van der Waals surface area contributed by atoms with E-state index in [9.17, 15) is 13.6 Å². The van der Waals surface area contributed by atoms with Crippen molar-refractivity contribution in [1.29, 1.82) is 0 Å². The van der Waals surface area contributed by atoms with Crippen LogP contribution in [-0.4, -0.2) is 22.4 Å². The summed E-state index contributed by atoms with van der Waals surface area (Å²) in [5, 5.41) is 6.48. The Bertz CT molecular complexity index is 1210. The highest BCUT2D eigenvalue weighted by atomic mass is 32.1. The van der Waals surface area contributed by atoms with E-state index in [1.807, 2.05) is 37.3 Å². The Labute approximate surface area is 175 Å². The molecule has 0 saturated carbocycles. The molecule has 2 aromatic heterocycles. The van der Waals surface area contributed by atoms with Crippen LogP contribution < -0.4 is 10.6 Å². The van der Waals surface area contributed by atoms with Gasteiger partial charge in [-0.05, 0) is 24.6 Å². The Morgan fingerprint density at radius 2 is 1.90 bits per heavy atom. The molecule has 30 heavy (non-hydrogen) atoms. The van der Waals surface area contributed by atoms with Gasteiger partial charge in [0, 0.05) is 29.5 Å². The first kappa shape index (κ1) is 19.9. The second-order valence-corrected chi connectivity index (χ2v) is 7.85. The van der Waals surface area contributed by atoms with Gasteiger partial charge in [-0.1, -0.05) is 30.3 Å². The number of carbonyl (C=O) groups excluding carboxylic acids is 1. The maximum atomic E-state index is 13.7. The largest absolute Gasteiger partial charge is 0.369 e. The maximum Gasteiger partial charge on any atom is 0.226 e. The summed E-state index contributed by atoms with van der Waals surface area (Å²) in [4.78, 5) is 22.9. The van der Waals surface area contributed by atoms with Gasteiger partial charge in [0.15, 0.2) is 0 Å². The van der Waals surface area contributed by atoms with Crippen LogP contribution in [-0.2, 0) is 4.79 Å². The molecule has 152 valence electrons. The minimum Gasteiger partial charge on any atom is -0.369 e. The van der Waals surface area contributed by atoms with Crippen molar-refractivity contribution >= 4 is 39.0 Å². The molecule has 4 aromatic rings. The van der Waals surface area contributed by atoms with Crippen molar-refractivity contribution in [2.24, 2.45) is 0 Å². The number of carbonyl (C=O) groups is 1. The van der Waals surface area contributed by atoms with Crippen LogP contribution in [0.15, 0.2) is 54.9 Å². The van der Waals surface area contributed by atoms with E-state index in [1.165, 1.54) is 6.33 Å². The van der Waals surface area contributed by atoms with Gasteiger partial charge in [0.2, 0.25) is 5.91 Å². The van der Waals surface area contributed by atoms with Gasteiger partial charge in [0.25, 0.3) is 0 Å². The molecule has 2 aromatic carbocycles. The molecule has 4 rings (SSSR count). The average Bonchev–Trinajstić information content (AvgIpc) is 3.08. The summed E-state index contributed by atoms with van der Waals surface area (Å²) in [6.45, 7) is 2.32. The maximum absolute atomic E-state index is 13.7. The van der Waals surface area contributed by atoms with Crippen LogP contribution in [0.25, 0.3) is 21.3 Å². The minimum absolute atomic E-state index is 0.0608. The summed E-state index contributed by atoms with van der Waals surface area (Å²) in [5.74, 6) is -1.10. The average molecular weight is 424 g/mol. The molecule has 2 N–H and O–H groups in total. The normalized spacial score (nSPS) is 10.9. The molecule has 5 nitrogen and oxygen atoms in total. The Balaban J connectivity index is 1.51. The zero-order chi connectivity index (χ0) is 21.1. The van der Waals surface area contributed by atoms with Crippen molar-refractivity contribution in [3.8, 4) is 11.1 Å². The van der Waals surface area contributed by atoms with Gasteiger partial charge >= 0.3 is 0 Å². The number of amides is 1. The number of nitrogens with one attached hydrogen (secondary N) is 2. The minimum atomic E-state index is -0.684. The lowest BCUT2D eigenvalue weighted by Crippen LogP contribution is -2.17. The van der Waals surface area contributed by atoms with Crippen molar-refractivity contribution in [3.05, 3.63) is 71.4 Å². The number of thiophene rings is 1. The van der Waals surface area contributed by atoms with Gasteiger partial charge in [0.1, 0.15) is 28.6 Å². The quantitative estimate of drug-likeness (QED) is 0.436. The molecule has 1 amide bonds. The van der Waals surface area contributed by atoms with Crippen molar-refractivity contribution in [2.75, 3.05) is 17.2 Å². The smallest absolute Gasteiger partial charge is 0.226 e. The standard InChI is InChI=1S/C22H18F2N4OS/c1-13-19(14-5-3-2-4-6-14)20-21(26-12-27-22(20)30-13)25-10-9-18(29)28-17-11-15(23)7-8-16(17)24/h2-8,11-12H,9-10H2,1H3,(H,28,29)(H,25,26,27). The third-order valence-electron chi connectivity index (χ3n) is 4.57. The molecule has 0 bridgehead atoms. The number of aryl methyl sites for hydroxylation is 1. The molecule has 0 atom stereocenters. The summed E-state index contributed by atoms with van der Waals surface area (Å²) >= 11 is 1.58. The zero-order valence-corrected chi connectivity index (χ0v) is 16.9. The number of fused-ring (bicyclic) bond motifs is 1. The molecule has 0 saturated heterocycles. The second kappa shape index (κ2) is 8.54. The topological polar surface area (TPSA) is 66.9 Å². The van der Waals surface area contributed by atoms with Gasteiger partial charge in [-0.25, -0.2) is 18.7 Å². The Morgan fingerprint density at radius 1 is 1.10 bits per heavy atom. The van der Waals surface area contributed by atoms with E-state index in [4.69, 9.17) is 0 Å². The van der Waals surface area contributed by atoms with Crippen LogP contribution in [0, 0.1) is 18.6 Å². The van der Waals surface area contributed by atoms with E-state index in [-0.39, 0.29) is 18.7 Å². The number of benzene rings is 2. The van der Waals surface area contributed by atoms with Gasteiger partial charge in [-0.3, -0.25) is 4.79 Å². The van der Waals surface area contributed by atoms with E-state index in [2.05, 4.69) is 20.6 Å². The van der Waals surface area contributed by atoms with Gasteiger partial charge < -0.3 is 10.6 Å². The fourth-order valence-electron chi connectivity index (χ4n) is 3.23. The first-order valence-corrected chi connectivity index (χ1v) is 10.1. The summed E-state index contributed by atoms with van der Waals surface area (Å²) < 4.78 is 26.9. The number of hydrogen-bond donors (Lipinski definition) is 2. The van der Waals surface area contributed by atoms with E-state index in [1.54, 1.807) is 11.3 Å². The monoisotopic (exact) mass is 424 g/mol. The third-order valence-corrected chi connectivity index (χ3v) is 5.59. The lowest BCUT2D eigenvalue weighted by molar-refractivity contribution is -0.116. The Hall–Kier alpha value is -3.39. The van der Waals surface area contributed by atoms with E-state index < -0.39 is 17.5 Å². The fourth-order valence-corrected chi connectivity index (χ4v) is 4.24. The molecule has 0 radical (unpaired) electrons. The highest BCUT2D eigenvalue weighted by molar-refractivity contribution is 7.19. The second-order valence-electron chi connectivity index (χ2n) is 6.65. The molecular formula is C22H18F2N4OS. The van der Waals surface area contributed by atoms with Crippen LogP contribution in [0.1, 0.15) is 11.3 Å². The number of rotatable bonds is 6. The lowest BCUT2D eigenvalue weighted by atomic mass is 10.0. The SMILES string of the molecule is Cc1sc2ncnc(NCCC(=O)Nc3cc(F)ccc3F)c2c1-c1ccccc1. The molecule has 0 aliphatic heterocycles. The number of aromatic nitrogens is 2. The highest BCUT2D eigenvalue weighted by Gasteiger charge is 2.16. The van der Waals surface area contributed by atoms with Crippen molar-refractivity contribution in [1.82, 2.24) is 9.97 Å². The first-order chi connectivity index (χ1) is 14.5. The first-order valence-electron chi connectivity index (χ1n) is 9.31. The van der Waals surface area contributed by atoms with Gasteiger partial charge in [0.05, 0.1) is 11.1 Å². The third kappa shape index (κ3) is 4.13. The molecule has 0 spiro atoms. The van der Waals surface area contributed by atoms with Crippen LogP contribution in [0.3, 0.4) is 0 Å². The summed E-state index contributed by atoms with van der Waals surface area (Å²) in [6, 6.07) is 12.9. The van der Waals surface area contributed by atoms with E-state index in [0.29, 0.717) is 5.82 Å². The van der Waals surface area contributed by atoms with Gasteiger partial charge in [-0.2, -0.15) is 0 Å². The highest BCUT2D eigenvalue weighted by Crippen LogP contribution is 2.40. The summed E-state index contributed by atoms with van der Waals surface area (Å²) in [6.07, 6.45) is 1.54. The van der Waals surface area contributed by atoms with Crippen LogP contribution in [0.2, 0.25) is 0 Å². The van der Waals surface area contributed by atoms with Crippen molar-refractivity contribution < 1.29 is 13.6 Å². The molecule has 8 heteroatoms. The fraction of sp³-hybridized carbons (Fsp3) is 0.136. The summed E-state index contributed by atoms with van der Waals surface area (Å²) in [5.41, 5.74) is 1.95. The number of hydrogen-bond acceptors (Lipinski definition) is 5. The molecular weight excluding hydrogens is 406 g/mol.